The highest BCUT2D eigenvalue weighted by atomic mass is 16.3. The fourth-order valence-corrected chi connectivity index (χ4v) is 0.999. The molecular weight excluding hydrogens is 152 g/mol. The molecule has 2 N–H and O–H groups in total. The molecule has 0 fully saturated rings. The molecule has 0 saturated heterocycles. The number of hydrogen-bond acceptors (Lipinski definition) is 2. The number of rotatable bonds is 3. The smallest absolute Gasteiger partial charge is 0.102 e. The molecule has 0 aromatic heterocycles. The molecule has 0 spiro atoms. The Morgan fingerprint density at radius 2 is 2.25 bits per heavy atom. The van der Waals surface area contributed by atoms with Crippen LogP contribution < -0.4 is 0 Å². The molecule has 0 saturated carbocycles. The molecule has 0 unspecified atom stereocenters. The van der Waals surface area contributed by atoms with Crippen molar-refractivity contribution in [3.05, 3.63) is 42.0 Å². The molecule has 2 nitrogen and oxygen atoms in total. The molecule has 0 heterocycles. The second kappa shape index (κ2) is 4.04. The van der Waals surface area contributed by atoms with Crippen LogP contribution in [-0.2, 0) is 0 Å². The Labute approximate surface area is 71.8 Å². The van der Waals surface area contributed by atoms with Crippen LogP contribution >= 0.6 is 0 Å². The molecular formula is C10H12O2. The Hall–Kier alpha value is -1.12. The van der Waals surface area contributed by atoms with Gasteiger partial charge in [0.2, 0.25) is 0 Å². The van der Waals surface area contributed by atoms with Crippen molar-refractivity contribution < 1.29 is 10.2 Å². The standard InChI is InChI=1S/C10H12O2/c1-2-8-4-3-5-9(6-8)10(12)7-11/h2-6,10-12H,1,7H2/t10-/m1/s1. The molecule has 2 heteroatoms. The summed E-state index contributed by atoms with van der Waals surface area (Å²) in [5.74, 6) is 0. The van der Waals surface area contributed by atoms with Gasteiger partial charge in [-0.15, -0.1) is 0 Å². The predicted octanol–water partition coefficient (Wildman–Crippen LogP) is 1.36. The first-order chi connectivity index (χ1) is 5.77. The summed E-state index contributed by atoms with van der Waals surface area (Å²) in [4.78, 5) is 0. The maximum absolute atomic E-state index is 9.26. The molecule has 0 aliphatic heterocycles. The van der Waals surface area contributed by atoms with E-state index in [-0.39, 0.29) is 6.61 Å². The molecule has 0 amide bonds. The minimum Gasteiger partial charge on any atom is -0.393 e. The summed E-state index contributed by atoms with van der Waals surface area (Å²) in [7, 11) is 0. The van der Waals surface area contributed by atoms with Crippen molar-refractivity contribution in [3.8, 4) is 0 Å². The van der Waals surface area contributed by atoms with Crippen LogP contribution in [0.15, 0.2) is 30.8 Å². The summed E-state index contributed by atoms with van der Waals surface area (Å²) in [6.45, 7) is 3.36. The van der Waals surface area contributed by atoms with Gasteiger partial charge in [-0.3, -0.25) is 0 Å². The van der Waals surface area contributed by atoms with Crippen molar-refractivity contribution in [1.82, 2.24) is 0 Å². The van der Waals surface area contributed by atoms with Gasteiger partial charge in [0, 0.05) is 0 Å². The van der Waals surface area contributed by atoms with Gasteiger partial charge in [0.05, 0.1) is 6.61 Å². The van der Waals surface area contributed by atoms with Gasteiger partial charge < -0.3 is 10.2 Å². The van der Waals surface area contributed by atoms with Crippen LogP contribution in [-0.4, -0.2) is 16.8 Å². The summed E-state index contributed by atoms with van der Waals surface area (Å²) in [5, 5.41) is 17.9. The van der Waals surface area contributed by atoms with E-state index in [9.17, 15) is 5.11 Å². The van der Waals surface area contributed by atoms with E-state index >= 15 is 0 Å². The lowest BCUT2D eigenvalue weighted by Gasteiger charge is -2.07. The molecule has 1 aromatic rings. The SMILES string of the molecule is C=Cc1cccc([C@H](O)CO)c1. The quantitative estimate of drug-likeness (QED) is 0.708. The van der Waals surface area contributed by atoms with Gasteiger partial charge in [0.1, 0.15) is 6.10 Å². The number of aliphatic hydroxyl groups excluding tert-OH is 2. The molecule has 1 rings (SSSR count). The van der Waals surface area contributed by atoms with Crippen molar-refractivity contribution in [2.75, 3.05) is 6.61 Å². The first-order valence-electron chi connectivity index (χ1n) is 3.79. The maximum atomic E-state index is 9.26. The summed E-state index contributed by atoms with van der Waals surface area (Å²) < 4.78 is 0. The predicted molar refractivity (Wildman–Crippen MR) is 48.6 cm³/mol. The third-order valence-electron chi connectivity index (χ3n) is 1.70. The third-order valence-corrected chi connectivity index (χ3v) is 1.70. The average molecular weight is 164 g/mol. The Kier molecular flexibility index (Phi) is 3.02. The fourth-order valence-electron chi connectivity index (χ4n) is 0.999. The zero-order chi connectivity index (χ0) is 8.97. The molecule has 64 valence electrons. The van der Waals surface area contributed by atoms with Crippen LogP contribution in [0.4, 0.5) is 0 Å². The second-order valence-corrected chi connectivity index (χ2v) is 2.57. The Morgan fingerprint density at radius 1 is 1.50 bits per heavy atom. The van der Waals surface area contributed by atoms with Gasteiger partial charge in [0.25, 0.3) is 0 Å². The van der Waals surface area contributed by atoms with E-state index in [2.05, 4.69) is 6.58 Å². The number of benzene rings is 1. The Morgan fingerprint density at radius 3 is 2.83 bits per heavy atom. The molecule has 1 aromatic carbocycles. The second-order valence-electron chi connectivity index (χ2n) is 2.57. The largest absolute Gasteiger partial charge is 0.393 e. The Bertz CT molecular complexity index is 268. The van der Waals surface area contributed by atoms with E-state index < -0.39 is 6.10 Å². The zero-order valence-corrected chi connectivity index (χ0v) is 6.77. The third kappa shape index (κ3) is 1.94. The lowest BCUT2D eigenvalue weighted by Crippen LogP contribution is -2.01. The van der Waals surface area contributed by atoms with Gasteiger partial charge in [-0.2, -0.15) is 0 Å². The van der Waals surface area contributed by atoms with E-state index in [0.717, 1.165) is 11.1 Å². The van der Waals surface area contributed by atoms with Gasteiger partial charge in [-0.25, -0.2) is 0 Å². The van der Waals surface area contributed by atoms with Gasteiger partial charge in [0.15, 0.2) is 0 Å². The van der Waals surface area contributed by atoms with Gasteiger partial charge in [-0.05, 0) is 17.2 Å². The topological polar surface area (TPSA) is 40.5 Å². The molecule has 1 atom stereocenters. The molecule has 0 aliphatic carbocycles. The van der Waals surface area contributed by atoms with Crippen molar-refractivity contribution >= 4 is 6.08 Å². The van der Waals surface area contributed by atoms with E-state index in [0.29, 0.717) is 0 Å². The maximum Gasteiger partial charge on any atom is 0.102 e. The van der Waals surface area contributed by atoms with E-state index in [1.54, 1.807) is 18.2 Å². The van der Waals surface area contributed by atoms with Crippen LogP contribution in [0.3, 0.4) is 0 Å². The highest BCUT2D eigenvalue weighted by Crippen LogP contribution is 2.14. The number of hydrogen-bond donors (Lipinski definition) is 2. The summed E-state index contributed by atoms with van der Waals surface area (Å²) in [6.07, 6.45) is 0.915. The first kappa shape index (κ1) is 8.97. The zero-order valence-electron chi connectivity index (χ0n) is 6.77. The molecule has 12 heavy (non-hydrogen) atoms. The first-order valence-corrected chi connectivity index (χ1v) is 3.79. The fraction of sp³-hybridized carbons (Fsp3) is 0.200. The van der Waals surface area contributed by atoms with Crippen molar-refractivity contribution in [3.63, 3.8) is 0 Å². The highest BCUT2D eigenvalue weighted by molar-refractivity contribution is 5.48. The molecule has 0 aliphatic rings. The van der Waals surface area contributed by atoms with Crippen molar-refractivity contribution in [2.24, 2.45) is 0 Å². The van der Waals surface area contributed by atoms with Crippen LogP contribution in [0.2, 0.25) is 0 Å². The number of aliphatic hydroxyl groups is 2. The summed E-state index contributed by atoms with van der Waals surface area (Å²) in [5.41, 5.74) is 1.66. The highest BCUT2D eigenvalue weighted by Gasteiger charge is 2.04. The summed E-state index contributed by atoms with van der Waals surface area (Å²) >= 11 is 0. The van der Waals surface area contributed by atoms with Crippen LogP contribution in [0.25, 0.3) is 6.08 Å². The normalized spacial score (nSPS) is 12.5. The monoisotopic (exact) mass is 164 g/mol. The Balaban J connectivity index is 2.93. The van der Waals surface area contributed by atoms with Gasteiger partial charge in [-0.1, -0.05) is 30.9 Å². The minimum absolute atomic E-state index is 0.249. The van der Waals surface area contributed by atoms with E-state index in [1.807, 2.05) is 12.1 Å². The van der Waals surface area contributed by atoms with E-state index in [1.165, 1.54) is 0 Å². The van der Waals surface area contributed by atoms with Crippen LogP contribution in [0.1, 0.15) is 17.2 Å². The molecule has 0 radical (unpaired) electrons. The van der Waals surface area contributed by atoms with Crippen LogP contribution in [0.5, 0.6) is 0 Å². The molecule has 0 bridgehead atoms. The van der Waals surface area contributed by atoms with Crippen molar-refractivity contribution in [1.29, 1.82) is 0 Å². The lowest BCUT2D eigenvalue weighted by molar-refractivity contribution is 0.0956. The lowest BCUT2D eigenvalue weighted by atomic mass is 10.1. The summed E-state index contributed by atoms with van der Waals surface area (Å²) in [6, 6.07) is 7.29. The van der Waals surface area contributed by atoms with Crippen LogP contribution in [0, 0.1) is 0 Å². The average Bonchev–Trinajstić information content (AvgIpc) is 2.17. The minimum atomic E-state index is -0.787. The van der Waals surface area contributed by atoms with E-state index in [4.69, 9.17) is 5.11 Å². The van der Waals surface area contributed by atoms with Gasteiger partial charge >= 0.3 is 0 Å². The van der Waals surface area contributed by atoms with Crippen molar-refractivity contribution in [2.45, 2.75) is 6.10 Å².